The predicted octanol–water partition coefficient (Wildman–Crippen LogP) is 1.67. The highest BCUT2D eigenvalue weighted by atomic mass is 16.3. The summed E-state index contributed by atoms with van der Waals surface area (Å²) in [6.45, 7) is 7.87. The van der Waals surface area contributed by atoms with Gasteiger partial charge in [-0.3, -0.25) is 4.68 Å². The van der Waals surface area contributed by atoms with Gasteiger partial charge in [-0.25, -0.2) is 0 Å². The molecule has 0 saturated carbocycles. The van der Waals surface area contributed by atoms with Crippen molar-refractivity contribution in [2.45, 2.75) is 33.3 Å². The van der Waals surface area contributed by atoms with Gasteiger partial charge >= 0.3 is 0 Å². The van der Waals surface area contributed by atoms with Crippen molar-refractivity contribution in [1.29, 1.82) is 0 Å². The van der Waals surface area contributed by atoms with Crippen LogP contribution in [0.15, 0.2) is 12.3 Å². The number of rotatable bonds is 1. The molecule has 0 aliphatic heterocycles. The van der Waals surface area contributed by atoms with E-state index in [1.807, 2.05) is 40.8 Å². The van der Waals surface area contributed by atoms with Gasteiger partial charge in [0.1, 0.15) is 5.60 Å². The summed E-state index contributed by atoms with van der Waals surface area (Å²) in [5, 5.41) is 14.4. The Labute approximate surface area is 79.4 Å². The van der Waals surface area contributed by atoms with Crippen LogP contribution < -0.4 is 0 Å². The standard InChI is InChI=1S/C10H18N2O/c1-9(2,3)10(4,13)8-6-7-11-12(8)5/h6-7,13H,1-5H3. The first kappa shape index (κ1) is 10.3. The van der Waals surface area contributed by atoms with Crippen LogP contribution in [0.3, 0.4) is 0 Å². The fourth-order valence-electron chi connectivity index (χ4n) is 1.24. The molecule has 1 aromatic rings. The highest BCUT2D eigenvalue weighted by molar-refractivity contribution is 5.13. The Morgan fingerprint density at radius 2 is 1.85 bits per heavy atom. The first-order chi connectivity index (χ1) is 5.77. The largest absolute Gasteiger partial charge is 0.383 e. The summed E-state index contributed by atoms with van der Waals surface area (Å²) >= 11 is 0. The average molecular weight is 182 g/mol. The molecule has 1 N–H and O–H groups in total. The van der Waals surface area contributed by atoms with Crippen LogP contribution in [0.2, 0.25) is 0 Å². The van der Waals surface area contributed by atoms with Gasteiger partial charge in [-0.05, 0) is 18.4 Å². The molecule has 3 heteroatoms. The third-order valence-corrected chi connectivity index (χ3v) is 2.78. The van der Waals surface area contributed by atoms with Crippen LogP contribution in [0.5, 0.6) is 0 Å². The topological polar surface area (TPSA) is 38.0 Å². The molecule has 0 saturated heterocycles. The van der Waals surface area contributed by atoms with Gasteiger partial charge in [-0.1, -0.05) is 20.8 Å². The molecule has 0 bridgehead atoms. The lowest BCUT2D eigenvalue weighted by molar-refractivity contribution is -0.0534. The molecular weight excluding hydrogens is 164 g/mol. The summed E-state index contributed by atoms with van der Waals surface area (Å²) in [5.74, 6) is 0. The second-order valence-corrected chi connectivity index (χ2v) is 4.66. The summed E-state index contributed by atoms with van der Waals surface area (Å²) < 4.78 is 1.71. The van der Waals surface area contributed by atoms with Crippen LogP contribution in [0, 0.1) is 5.41 Å². The molecule has 0 aliphatic carbocycles. The Balaban J connectivity index is 3.15. The number of aliphatic hydroxyl groups is 1. The van der Waals surface area contributed by atoms with E-state index in [0.717, 1.165) is 5.69 Å². The van der Waals surface area contributed by atoms with Crippen molar-refractivity contribution in [1.82, 2.24) is 9.78 Å². The Morgan fingerprint density at radius 1 is 1.31 bits per heavy atom. The van der Waals surface area contributed by atoms with Gasteiger partial charge in [0.05, 0.1) is 5.69 Å². The monoisotopic (exact) mass is 182 g/mol. The van der Waals surface area contributed by atoms with Crippen LogP contribution in [-0.4, -0.2) is 14.9 Å². The van der Waals surface area contributed by atoms with Crippen molar-refractivity contribution in [3.05, 3.63) is 18.0 Å². The predicted molar refractivity (Wildman–Crippen MR) is 52.2 cm³/mol. The summed E-state index contributed by atoms with van der Waals surface area (Å²) in [6.07, 6.45) is 1.70. The Kier molecular flexibility index (Phi) is 2.24. The molecule has 1 atom stereocenters. The van der Waals surface area contributed by atoms with Crippen molar-refractivity contribution in [3.8, 4) is 0 Å². The highest BCUT2D eigenvalue weighted by Crippen LogP contribution is 2.38. The smallest absolute Gasteiger partial charge is 0.108 e. The third kappa shape index (κ3) is 1.61. The van der Waals surface area contributed by atoms with Crippen molar-refractivity contribution < 1.29 is 5.11 Å². The van der Waals surface area contributed by atoms with E-state index in [4.69, 9.17) is 0 Å². The molecule has 13 heavy (non-hydrogen) atoms. The summed E-state index contributed by atoms with van der Waals surface area (Å²) in [6, 6.07) is 1.85. The molecular formula is C10H18N2O. The van der Waals surface area contributed by atoms with Gasteiger partial charge in [0, 0.05) is 13.2 Å². The molecule has 74 valence electrons. The van der Waals surface area contributed by atoms with Crippen LogP contribution in [0.1, 0.15) is 33.4 Å². The second kappa shape index (κ2) is 2.84. The zero-order valence-electron chi connectivity index (χ0n) is 9.00. The van der Waals surface area contributed by atoms with Gasteiger partial charge in [0.15, 0.2) is 0 Å². The second-order valence-electron chi connectivity index (χ2n) is 4.66. The first-order valence-electron chi connectivity index (χ1n) is 4.47. The Bertz CT molecular complexity index is 294. The van der Waals surface area contributed by atoms with Crippen molar-refractivity contribution in [2.24, 2.45) is 12.5 Å². The summed E-state index contributed by atoms with van der Waals surface area (Å²) in [5.41, 5.74) is -0.195. The molecule has 1 aromatic heterocycles. The lowest BCUT2D eigenvalue weighted by Gasteiger charge is -2.36. The molecule has 0 aromatic carbocycles. The molecule has 0 amide bonds. The lowest BCUT2D eigenvalue weighted by atomic mass is 9.76. The quantitative estimate of drug-likeness (QED) is 0.717. The SMILES string of the molecule is Cn1nccc1C(C)(O)C(C)(C)C. The van der Waals surface area contributed by atoms with Crippen LogP contribution in [-0.2, 0) is 12.6 Å². The van der Waals surface area contributed by atoms with E-state index in [0.29, 0.717) is 0 Å². The zero-order chi connectivity index (χ0) is 10.3. The molecule has 1 heterocycles. The van der Waals surface area contributed by atoms with E-state index in [1.54, 1.807) is 10.9 Å². The van der Waals surface area contributed by atoms with E-state index >= 15 is 0 Å². The molecule has 1 rings (SSSR count). The number of nitrogens with zero attached hydrogens (tertiary/aromatic N) is 2. The highest BCUT2D eigenvalue weighted by Gasteiger charge is 2.38. The minimum absolute atomic E-state index is 0.194. The molecule has 0 spiro atoms. The maximum atomic E-state index is 10.3. The fraction of sp³-hybridized carbons (Fsp3) is 0.700. The maximum absolute atomic E-state index is 10.3. The molecule has 0 radical (unpaired) electrons. The first-order valence-corrected chi connectivity index (χ1v) is 4.47. The van der Waals surface area contributed by atoms with E-state index < -0.39 is 5.60 Å². The molecule has 3 nitrogen and oxygen atoms in total. The summed E-state index contributed by atoms with van der Waals surface area (Å²) in [7, 11) is 1.84. The van der Waals surface area contributed by atoms with Gasteiger partial charge in [0.2, 0.25) is 0 Å². The van der Waals surface area contributed by atoms with Gasteiger partial charge in [-0.2, -0.15) is 5.10 Å². The summed E-state index contributed by atoms with van der Waals surface area (Å²) in [4.78, 5) is 0. The van der Waals surface area contributed by atoms with E-state index in [2.05, 4.69) is 5.10 Å². The fourth-order valence-corrected chi connectivity index (χ4v) is 1.24. The van der Waals surface area contributed by atoms with E-state index in [9.17, 15) is 5.11 Å². The maximum Gasteiger partial charge on any atom is 0.108 e. The molecule has 0 fully saturated rings. The van der Waals surface area contributed by atoms with Crippen molar-refractivity contribution in [3.63, 3.8) is 0 Å². The minimum Gasteiger partial charge on any atom is -0.383 e. The lowest BCUT2D eigenvalue weighted by Crippen LogP contribution is -2.38. The van der Waals surface area contributed by atoms with Gasteiger partial charge in [0.25, 0.3) is 0 Å². The molecule has 0 aliphatic rings. The minimum atomic E-state index is -0.849. The average Bonchev–Trinajstić information content (AvgIpc) is 2.32. The zero-order valence-corrected chi connectivity index (χ0v) is 9.00. The number of hydrogen-bond acceptors (Lipinski definition) is 2. The van der Waals surface area contributed by atoms with Crippen molar-refractivity contribution in [2.75, 3.05) is 0 Å². The van der Waals surface area contributed by atoms with E-state index in [1.165, 1.54) is 0 Å². The number of aryl methyl sites for hydroxylation is 1. The van der Waals surface area contributed by atoms with E-state index in [-0.39, 0.29) is 5.41 Å². The van der Waals surface area contributed by atoms with Gasteiger partial charge in [-0.15, -0.1) is 0 Å². The van der Waals surface area contributed by atoms with Crippen LogP contribution in [0.25, 0.3) is 0 Å². The van der Waals surface area contributed by atoms with Crippen LogP contribution in [0.4, 0.5) is 0 Å². The normalized spacial score (nSPS) is 17.1. The Hall–Kier alpha value is -0.830. The van der Waals surface area contributed by atoms with Crippen LogP contribution >= 0.6 is 0 Å². The number of hydrogen-bond donors (Lipinski definition) is 1. The number of aromatic nitrogens is 2. The Morgan fingerprint density at radius 3 is 2.15 bits per heavy atom. The van der Waals surface area contributed by atoms with Crippen molar-refractivity contribution >= 4 is 0 Å². The third-order valence-electron chi connectivity index (χ3n) is 2.78. The molecule has 1 unspecified atom stereocenters. The van der Waals surface area contributed by atoms with Gasteiger partial charge < -0.3 is 5.11 Å².